The van der Waals surface area contributed by atoms with Gasteiger partial charge in [0, 0.05) is 29.1 Å². The van der Waals surface area contributed by atoms with Gasteiger partial charge in [-0.2, -0.15) is 5.21 Å². The molecule has 5 aromatic rings. The van der Waals surface area contributed by atoms with E-state index in [9.17, 15) is 0 Å². The van der Waals surface area contributed by atoms with Crippen LogP contribution in [-0.4, -0.2) is 53.6 Å². The molecule has 154 valence electrons. The van der Waals surface area contributed by atoms with Crippen LogP contribution in [0.3, 0.4) is 0 Å². The average Bonchev–Trinajstić information content (AvgIpc) is 3.48. The van der Waals surface area contributed by atoms with Crippen LogP contribution in [0.15, 0.2) is 48.8 Å². The minimum Gasteiger partial charge on any atom is -0.338 e. The predicted octanol–water partition coefficient (Wildman–Crippen LogP) is 3.94. The van der Waals surface area contributed by atoms with Crippen LogP contribution in [0.1, 0.15) is 24.8 Å². The summed E-state index contributed by atoms with van der Waals surface area (Å²) in [5.41, 5.74) is 6.07. The number of tetrazole rings is 1. The number of aromatic amines is 2. The first-order valence-corrected chi connectivity index (χ1v) is 10.7. The number of pyridine rings is 2. The third-order valence-electron chi connectivity index (χ3n) is 6.05. The Balaban J connectivity index is 1.33. The molecule has 5 heterocycles. The molecule has 8 nitrogen and oxygen atoms in total. The number of fused-ring (bicyclic) bond motifs is 3. The van der Waals surface area contributed by atoms with E-state index in [4.69, 9.17) is 0 Å². The minimum atomic E-state index is 0.477. The van der Waals surface area contributed by atoms with Gasteiger partial charge in [0.15, 0.2) is 0 Å². The number of nitrogens with one attached hydrogen (secondary N) is 2. The van der Waals surface area contributed by atoms with Gasteiger partial charge < -0.3 is 4.98 Å². The van der Waals surface area contributed by atoms with E-state index in [0.717, 1.165) is 34.0 Å². The van der Waals surface area contributed by atoms with Crippen molar-refractivity contribution in [3.8, 4) is 22.6 Å². The molecular formula is C23H22N8. The van der Waals surface area contributed by atoms with Crippen LogP contribution in [0.4, 0.5) is 0 Å². The monoisotopic (exact) mass is 410 g/mol. The maximum atomic E-state index is 4.66. The Hall–Kier alpha value is -3.65. The fourth-order valence-electron chi connectivity index (χ4n) is 4.40. The average molecular weight is 410 g/mol. The summed E-state index contributed by atoms with van der Waals surface area (Å²) in [6.45, 7) is 3.46. The van der Waals surface area contributed by atoms with Crippen LogP contribution in [0.5, 0.6) is 0 Å². The molecule has 8 heteroatoms. The smallest absolute Gasteiger partial charge is 0.222 e. The topological polar surface area (TPSA) is 99.3 Å². The maximum absolute atomic E-state index is 4.66. The zero-order chi connectivity index (χ0) is 20.6. The summed E-state index contributed by atoms with van der Waals surface area (Å²) in [6, 6.07) is 13.0. The number of hydrogen-bond acceptors (Lipinski definition) is 6. The highest BCUT2D eigenvalue weighted by Gasteiger charge is 2.13. The first kappa shape index (κ1) is 18.1. The molecule has 0 bridgehead atoms. The van der Waals surface area contributed by atoms with E-state index in [-0.39, 0.29) is 0 Å². The quantitative estimate of drug-likeness (QED) is 0.465. The number of likely N-dealkylation sites (tertiary alicyclic amines) is 1. The van der Waals surface area contributed by atoms with Gasteiger partial charge in [-0.25, -0.2) is 4.98 Å². The molecule has 0 spiro atoms. The van der Waals surface area contributed by atoms with Gasteiger partial charge >= 0.3 is 0 Å². The number of hydrogen-bond donors (Lipinski definition) is 2. The molecule has 0 aliphatic carbocycles. The van der Waals surface area contributed by atoms with Gasteiger partial charge in [-0.05, 0) is 54.4 Å². The fourth-order valence-corrected chi connectivity index (χ4v) is 4.40. The van der Waals surface area contributed by atoms with Crippen LogP contribution >= 0.6 is 0 Å². The summed E-state index contributed by atoms with van der Waals surface area (Å²) in [6.07, 6.45) is 7.71. The first-order chi connectivity index (χ1) is 15.3. The van der Waals surface area contributed by atoms with Crippen molar-refractivity contribution >= 4 is 21.9 Å². The molecule has 1 aliphatic rings. The van der Waals surface area contributed by atoms with Crippen molar-refractivity contribution in [3.63, 3.8) is 0 Å². The van der Waals surface area contributed by atoms with Gasteiger partial charge in [-0.15, -0.1) is 10.2 Å². The summed E-state index contributed by atoms with van der Waals surface area (Å²) >= 11 is 0. The molecule has 0 saturated carbocycles. The molecule has 1 aliphatic heterocycles. The van der Waals surface area contributed by atoms with Crippen molar-refractivity contribution in [2.24, 2.45) is 0 Å². The van der Waals surface area contributed by atoms with Gasteiger partial charge in [0.05, 0.1) is 11.7 Å². The van der Waals surface area contributed by atoms with Gasteiger partial charge in [-0.1, -0.05) is 30.7 Å². The Morgan fingerprint density at radius 2 is 1.74 bits per heavy atom. The number of H-pyrrole nitrogens is 2. The number of aromatic nitrogens is 7. The van der Waals surface area contributed by atoms with E-state index >= 15 is 0 Å². The molecule has 4 aromatic heterocycles. The summed E-state index contributed by atoms with van der Waals surface area (Å²) in [5, 5.41) is 16.3. The Morgan fingerprint density at radius 3 is 2.55 bits per heavy atom. The van der Waals surface area contributed by atoms with E-state index in [1.807, 2.05) is 12.3 Å². The molecule has 6 rings (SSSR count). The minimum absolute atomic E-state index is 0.477. The maximum Gasteiger partial charge on any atom is 0.222 e. The summed E-state index contributed by atoms with van der Waals surface area (Å²) in [7, 11) is 0. The second-order valence-corrected chi connectivity index (χ2v) is 8.13. The Labute approximate surface area is 178 Å². The lowest BCUT2D eigenvalue weighted by molar-refractivity contribution is 0.221. The standard InChI is InChI=1S/C23H22N8/c1-2-8-31(9-3-1)14-15-4-6-16(7-5-15)17-10-19-18-11-20(23-27-29-30-28-23)24-13-21(18)26-22(19)25-12-17/h4-7,10-13H,1-3,8-9,14H2,(H,25,26)(H,27,28,29,30). The second kappa shape index (κ2) is 7.55. The summed E-state index contributed by atoms with van der Waals surface area (Å²) in [4.78, 5) is 15.0. The van der Waals surface area contributed by atoms with E-state index in [0.29, 0.717) is 11.5 Å². The lowest BCUT2D eigenvalue weighted by atomic mass is 10.0. The zero-order valence-corrected chi connectivity index (χ0v) is 17.0. The predicted molar refractivity (Wildman–Crippen MR) is 119 cm³/mol. The van der Waals surface area contributed by atoms with Crippen molar-refractivity contribution < 1.29 is 0 Å². The van der Waals surface area contributed by atoms with Gasteiger partial charge in [-0.3, -0.25) is 9.88 Å². The molecule has 1 aromatic carbocycles. The van der Waals surface area contributed by atoms with Crippen LogP contribution in [0.25, 0.3) is 44.6 Å². The highest BCUT2D eigenvalue weighted by Crippen LogP contribution is 2.30. The molecule has 0 atom stereocenters. The van der Waals surface area contributed by atoms with Gasteiger partial charge in [0.1, 0.15) is 11.3 Å². The lowest BCUT2D eigenvalue weighted by Crippen LogP contribution is -2.28. The second-order valence-electron chi connectivity index (χ2n) is 8.13. The van der Waals surface area contributed by atoms with Gasteiger partial charge in [0.25, 0.3) is 0 Å². The molecule has 0 amide bonds. The van der Waals surface area contributed by atoms with E-state index in [1.165, 1.54) is 43.5 Å². The van der Waals surface area contributed by atoms with Crippen LogP contribution < -0.4 is 0 Å². The van der Waals surface area contributed by atoms with Crippen molar-refractivity contribution in [1.29, 1.82) is 0 Å². The van der Waals surface area contributed by atoms with E-state index in [2.05, 4.69) is 70.8 Å². The summed E-state index contributed by atoms with van der Waals surface area (Å²) < 4.78 is 0. The van der Waals surface area contributed by atoms with Crippen molar-refractivity contribution in [2.45, 2.75) is 25.8 Å². The van der Waals surface area contributed by atoms with E-state index < -0.39 is 0 Å². The van der Waals surface area contributed by atoms with Gasteiger partial charge in [0.2, 0.25) is 5.82 Å². The third-order valence-corrected chi connectivity index (χ3v) is 6.05. The third kappa shape index (κ3) is 3.44. The highest BCUT2D eigenvalue weighted by atomic mass is 15.5. The SMILES string of the molecule is c1cc(-c2cnc3[nH]c4cnc(-c5nn[nH]n5)cc4c3c2)ccc1CN1CCCCC1. The largest absolute Gasteiger partial charge is 0.338 e. The summed E-state index contributed by atoms with van der Waals surface area (Å²) in [5.74, 6) is 0.477. The van der Waals surface area contributed by atoms with Crippen LogP contribution in [0.2, 0.25) is 0 Å². The van der Waals surface area contributed by atoms with E-state index in [1.54, 1.807) is 6.20 Å². The molecule has 1 fully saturated rings. The number of benzene rings is 1. The molecule has 1 saturated heterocycles. The number of nitrogens with zero attached hydrogens (tertiary/aromatic N) is 6. The Kier molecular flexibility index (Phi) is 4.42. The highest BCUT2D eigenvalue weighted by molar-refractivity contribution is 6.07. The number of piperidine rings is 1. The molecule has 0 unspecified atom stereocenters. The van der Waals surface area contributed by atoms with Crippen molar-refractivity contribution in [2.75, 3.05) is 13.1 Å². The van der Waals surface area contributed by atoms with Crippen molar-refractivity contribution in [1.82, 2.24) is 40.5 Å². The Bertz CT molecular complexity index is 1330. The normalized spacial score (nSPS) is 15.1. The molecular weight excluding hydrogens is 388 g/mol. The van der Waals surface area contributed by atoms with Crippen LogP contribution in [-0.2, 0) is 6.54 Å². The zero-order valence-electron chi connectivity index (χ0n) is 17.0. The van der Waals surface area contributed by atoms with Crippen molar-refractivity contribution in [3.05, 3.63) is 54.4 Å². The number of rotatable bonds is 4. The Morgan fingerprint density at radius 1 is 0.871 bits per heavy atom. The molecule has 2 N–H and O–H groups in total. The molecule has 31 heavy (non-hydrogen) atoms. The fraction of sp³-hybridized carbons (Fsp3) is 0.261. The lowest BCUT2D eigenvalue weighted by Gasteiger charge is -2.26. The molecule has 0 radical (unpaired) electrons. The first-order valence-electron chi connectivity index (χ1n) is 10.7. The van der Waals surface area contributed by atoms with Crippen LogP contribution in [0, 0.1) is 0 Å².